The summed E-state index contributed by atoms with van der Waals surface area (Å²) in [6, 6.07) is 8.46. The Kier molecular flexibility index (Phi) is 3.84. The number of H-pyrrole nitrogens is 1. The van der Waals surface area contributed by atoms with Crippen LogP contribution in [0.25, 0.3) is 11.3 Å². The number of benzene rings is 1. The Labute approximate surface area is 114 Å². The van der Waals surface area contributed by atoms with Gasteiger partial charge in [-0.3, -0.25) is 4.79 Å². The molecular formula is C16H20N2O. The fourth-order valence-corrected chi connectivity index (χ4v) is 2.15. The van der Waals surface area contributed by atoms with Gasteiger partial charge in [-0.25, -0.2) is 4.98 Å². The van der Waals surface area contributed by atoms with Crippen molar-refractivity contribution in [3.63, 3.8) is 0 Å². The van der Waals surface area contributed by atoms with E-state index in [2.05, 4.69) is 48.1 Å². The number of nitrogens with one attached hydrogen (secondary N) is 1. The number of hydrogen-bond acceptors (Lipinski definition) is 2. The van der Waals surface area contributed by atoms with Gasteiger partial charge in [-0.05, 0) is 25.3 Å². The zero-order valence-corrected chi connectivity index (χ0v) is 11.9. The predicted molar refractivity (Wildman–Crippen MR) is 77.2 cm³/mol. The highest BCUT2D eigenvalue weighted by molar-refractivity contribution is 5.77. The predicted octanol–water partition coefficient (Wildman–Crippen LogP) is 3.64. The zero-order chi connectivity index (χ0) is 14.0. The van der Waals surface area contributed by atoms with Crippen LogP contribution in [0.15, 0.2) is 24.3 Å². The van der Waals surface area contributed by atoms with Crippen molar-refractivity contribution in [3.8, 4) is 11.3 Å². The summed E-state index contributed by atoms with van der Waals surface area (Å²) >= 11 is 0. The van der Waals surface area contributed by atoms with Crippen LogP contribution in [0.5, 0.6) is 0 Å². The molecule has 1 aromatic carbocycles. The molecule has 3 nitrogen and oxygen atoms in total. The minimum atomic E-state index is 0.121. The van der Waals surface area contributed by atoms with Crippen LogP contribution in [0, 0.1) is 6.92 Å². The highest BCUT2D eigenvalue weighted by atomic mass is 16.1. The summed E-state index contributed by atoms with van der Waals surface area (Å²) in [7, 11) is 0. The molecule has 2 aromatic rings. The van der Waals surface area contributed by atoms with Crippen molar-refractivity contribution < 1.29 is 4.79 Å². The fraction of sp³-hybridized carbons (Fsp3) is 0.375. The van der Waals surface area contributed by atoms with Crippen LogP contribution in [0.1, 0.15) is 43.8 Å². The molecule has 0 unspecified atom stereocenters. The van der Waals surface area contributed by atoms with Gasteiger partial charge in [0.05, 0.1) is 12.1 Å². The normalized spacial score (nSPS) is 11.0. The Morgan fingerprint density at radius 2 is 1.89 bits per heavy atom. The molecule has 0 aliphatic heterocycles. The zero-order valence-electron chi connectivity index (χ0n) is 11.9. The Hall–Kier alpha value is -1.90. The number of hydrogen-bond donors (Lipinski definition) is 1. The molecule has 0 saturated heterocycles. The van der Waals surface area contributed by atoms with E-state index in [0.29, 0.717) is 12.3 Å². The second kappa shape index (κ2) is 5.39. The Morgan fingerprint density at radius 3 is 2.42 bits per heavy atom. The lowest BCUT2D eigenvalue weighted by Gasteiger charge is -2.06. The van der Waals surface area contributed by atoms with E-state index in [1.54, 1.807) is 6.92 Å². The smallest absolute Gasteiger partial charge is 0.137 e. The van der Waals surface area contributed by atoms with Crippen LogP contribution in [-0.2, 0) is 11.2 Å². The molecule has 0 spiro atoms. The molecule has 0 bridgehead atoms. The first-order chi connectivity index (χ1) is 8.97. The van der Waals surface area contributed by atoms with E-state index in [4.69, 9.17) is 0 Å². The van der Waals surface area contributed by atoms with Gasteiger partial charge in [-0.1, -0.05) is 38.1 Å². The molecule has 0 saturated carbocycles. The molecule has 1 aromatic heterocycles. The highest BCUT2D eigenvalue weighted by Gasteiger charge is 2.10. The first kappa shape index (κ1) is 13.5. The maximum atomic E-state index is 11.1. The molecular weight excluding hydrogens is 236 g/mol. The van der Waals surface area contributed by atoms with E-state index in [9.17, 15) is 4.79 Å². The summed E-state index contributed by atoms with van der Waals surface area (Å²) in [6.07, 6.45) is 0.366. The second-order valence-electron chi connectivity index (χ2n) is 5.31. The largest absolute Gasteiger partial charge is 0.345 e. The summed E-state index contributed by atoms with van der Waals surface area (Å²) in [5, 5.41) is 0. The molecule has 100 valence electrons. The molecule has 3 heteroatoms. The first-order valence-corrected chi connectivity index (χ1v) is 6.62. The van der Waals surface area contributed by atoms with Crippen LogP contribution < -0.4 is 0 Å². The Bertz CT molecular complexity index is 579. The number of imidazole rings is 1. The van der Waals surface area contributed by atoms with Gasteiger partial charge in [0.2, 0.25) is 0 Å². The highest BCUT2D eigenvalue weighted by Crippen LogP contribution is 2.24. The number of aromatic nitrogens is 2. The minimum absolute atomic E-state index is 0.121. The van der Waals surface area contributed by atoms with E-state index in [1.807, 2.05) is 6.92 Å². The third-order valence-corrected chi connectivity index (χ3v) is 3.20. The van der Waals surface area contributed by atoms with Gasteiger partial charge in [0, 0.05) is 11.3 Å². The van der Waals surface area contributed by atoms with Crippen LogP contribution >= 0.6 is 0 Å². The van der Waals surface area contributed by atoms with Crippen molar-refractivity contribution in [2.75, 3.05) is 0 Å². The summed E-state index contributed by atoms with van der Waals surface area (Å²) in [5.41, 5.74) is 4.36. The maximum Gasteiger partial charge on any atom is 0.137 e. The number of ketones is 1. The molecule has 0 fully saturated rings. The third-order valence-electron chi connectivity index (χ3n) is 3.20. The Balaban J connectivity index is 2.30. The average molecular weight is 256 g/mol. The second-order valence-corrected chi connectivity index (χ2v) is 5.31. The van der Waals surface area contributed by atoms with Crippen molar-refractivity contribution >= 4 is 5.78 Å². The van der Waals surface area contributed by atoms with Gasteiger partial charge in [0.1, 0.15) is 11.6 Å². The van der Waals surface area contributed by atoms with Crippen molar-refractivity contribution in [2.45, 2.75) is 40.0 Å². The van der Waals surface area contributed by atoms with Crippen molar-refractivity contribution in [1.82, 2.24) is 9.97 Å². The van der Waals surface area contributed by atoms with E-state index >= 15 is 0 Å². The molecule has 2 rings (SSSR count). The van der Waals surface area contributed by atoms with Crippen LogP contribution in [0.2, 0.25) is 0 Å². The number of nitrogens with zero attached hydrogens (tertiary/aromatic N) is 1. The first-order valence-electron chi connectivity index (χ1n) is 6.62. The molecule has 0 aliphatic rings. The monoisotopic (exact) mass is 256 g/mol. The van der Waals surface area contributed by atoms with Gasteiger partial charge in [0.25, 0.3) is 0 Å². The van der Waals surface area contributed by atoms with E-state index in [-0.39, 0.29) is 5.78 Å². The van der Waals surface area contributed by atoms with Crippen LogP contribution in [0.4, 0.5) is 0 Å². The van der Waals surface area contributed by atoms with Gasteiger partial charge < -0.3 is 4.98 Å². The standard InChI is InChI=1S/C16H20N2O/c1-10(2)13-5-7-14(8-6-13)16-12(4)17-15(18-16)9-11(3)19/h5-8,10H,9H2,1-4H3,(H,17,18). The van der Waals surface area contributed by atoms with Gasteiger partial charge in [-0.2, -0.15) is 0 Å². The molecule has 0 atom stereocenters. The number of rotatable bonds is 4. The summed E-state index contributed by atoms with van der Waals surface area (Å²) in [6.45, 7) is 7.93. The third kappa shape index (κ3) is 3.11. The molecule has 0 aliphatic carbocycles. The quantitative estimate of drug-likeness (QED) is 0.907. The fourth-order valence-electron chi connectivity index (χ4n) is 2.15. The van der Waals surface area contributed by atoms with E-state index in [0.717, 1.165) is 22.8 Å². The number of aromatic amines is 1. The Morgan fingerprint density at radius 1 is 1.26 bits per heavy atom. The van der Waals surface area contributed by atoms with Crippen molar-refractivity contribution in [3.05, 3.63) is 41.3 Å². The molecule has 1 N–H and O–H groups in total. The van der Waals surface area contributed by atoms with Gasteiger partial charge in [-0.15, -0.1) is 0 Å². The SMILES string of the molecule is CC(=O)Cc1nc(-c2ccc(C(C)C)cc2)c(C)[nH]1. The van der Waals surface area contributed by atoms with Crippen molar-refractivity contribution in [1.29, 1.82) is 0 Å². The molecule has 19 heavy (non-hydrogen) atoms. The van der Waals surface area contributed by atoms with E-state index in [1.165, 1.54) is 5.56 Å². The summed E-state index contributed by atoms with van der Waals surface area (Å²) < 4.78 is 0. The van der Waals surface area contributed by atoms with Crippen molar-refractivity contribution in [2.24, 2.45) is 0 Å². The van der Waals surface area contributed by atoms with Gasteiger partial charge >= 0.3 is 0 Å². The molecule has 0 radical (unpaired) electrons. The number of Topliss-reactive ketones (excluding diaryl/α,β-unsaturated/α-hetero) is 1. The number of carbonyl (C=O) groups excluding carboxylic acids is 1. The summed E-state index contributed by atoms with van der Waals surface area (Å²) in [5.74, 6) is 1.39. The van der Waals surface area contributed by atoms with Crippen LogP contribution in [-0.4, -0.2) is 15.8 Å². The van der Waals surface area contributed by atoms with Gasteiger partial charge in [0.15, 0.2) is 0 Å². The molecule has 1 heterocycles. The lowest BCUT2D eigenvalue weighted by Crippen LogP contribution is -1.98. The lowest BCUT2D eigenvalue weighted by molar-refractivity contribution is -0.116. The maximum absolute atomic E-state index is 11.1. The minimum Gasteiger partial charge on any atom is -0.345 e. The summed E-state index contributed by atoms with van der Waals surface area (Å²) in [4.78, 5) is 18.8. The number of carbonyl (C=O) groups is 1. The number of aryl methyl sites for hydroxylation is 1. The van der Waals surface area contributed by atoms with E-state index < -0.39 is 0 Å². The topological polar surface area (TPSA) is 45.8 Å². The lowest BCUT2D eigenvalue weighted by atomic mass is 10.0. The average Bonchev–Trinajstić information content (AvgIpc) is 2.69. The molecule has 0 amide bonds. The van der Waals surface area contributed by atoms with Crippen LogP contribution in [0.3, 0.4) is 0 Å².